The summed E-state index contributed by atoms with van der Waals surface area (Å²) in [6, 6.07) is -2.65. The van der Waals surface area contributed by atoms with Crippen LogP contribution in [-0.4, -0.2) is 170 Å². The Labute approximate surface area is 713 Å². The van der Waals surface area contributed by atoms with Crippen molar-refractivity contribution < 1.29 is 47.9 Å². The Morgan fingerprint density at radius 3 is 0.861 bits per heavy atom. The summed E-state index contributed by atoms with van der Waals surface area (Å²) >= 11 is 0. The predicted octanol–water partition coefficient (Wildman–Crippen LogP) is 14.3. The first-order valence-electron chi connectivity index (χ1n) is 42.2. The van der Waals surface area contributed by atoms with Crippen molar-refractivity contribution in [2.45, 2.75) is 290 Å². The number of hydrazone groups is 3. The second-order valence-corrected chi connectivity index (χ2v) is 34.8. The van der Waals surface area contributed by atoms with E-state index in [1.165, 1.54) is 187 Å². The number of carbonyl (C=O) groups is 10. The molecule has 0 saturated heterocycles. The molecule has 0 aliphatic heterocycles. The van der Waals surface area contributed by atoms with E-state index in [2.05, 4.69) is 167 Å². The first kappa shape index (κ1) is 109. The predicted molar refractivity (Wildman–Crippen MR) is 491 cm³/mol. The maximum atomic E-state index is 13.8. The van der Waals surface area contributed by atoms with Gasteiger partial charge in [-0.25, -0.2) is 21.3 Å². The van der Waals surface area contributed by atoms with Crippen molar-refractivity contribution in [3.8, 4) is 0 Å². The third-order valence-electron chi connectivity index (χ3n) is 16.9. The summed E-state index contributed by atoms with van der Waals surface area (Å²) in [4.78, 5) is 132. The van der Waals surface area contributed by atoms with Crippen LogP contribution in [0.1, 0.15) is 278 Å². The van der Waals surface area contributed by atoms with Crippen LogP contribution >= 0.6 is 64.8 Å². The third-order valence-corrected chi connectivity index (χ3v) is 23.3. The zero-order chi connectivity index (χ0) is 84.0. The number of hydrogen-bond acceptors (Lipinski definition) is 20. The van der Waals surface area contributed by atoms with Crippen LogP contribution in [-0.2, 0) is 47.9 Å². The van der Waals surface area contributed by atoms with Gasteiger partial charge in [0, 0.05) is 70.8 Å². The van der Waals surface area contributed by atoms with Gasteiger partial charge in [0.1, 0.15) is 12.1 Å². The van der Waals surface area contributed by atoms with Crippen LogP contribution < -0.4 is 65.0 Å². The molecule has 0 aromatic carbocycles. The highest BCUT2D eigenvalue weighted by molar-refractivity contribution is 8.77. The minimum atomic E-state index is -1.34. The average molecular weight is 1720 g/mol. The monoisotopic (exact) mass is 1720 g/mol. The van der Waals surface area contributed by atoms with Gasteiger partial charge in [0.15, 0.2) is 5.96 Å². The number of nitrogens with one attached hydrogen (secondary N) is 10. The molecule has 26 nitrogen and oxygen atoms in total. The Balaban J connectivity index is 5.04. The van der Waals surface area contributed by atoms with Crippen molar-refractivity contribution in [1.82, 2.24) is 53.5 Å². The quantitative estimate of drug-likeness (QED) is 0.00672. The van der Waals surface area contributed by atoms with E-state index in [-0.39, 0.29) is 135 Å². The fourth-order valence-corrected chi connectivity index (χ4v) is 15.6. The smallest absolute Gasteiger partial charge is 0.250 e. The van der Waals surface area contributed by atoms with Gasteiger partial charge in [-0.05, 0) is 148 Å². The zero-order valence-corrected chi connectivity index (χ0v) is 74.5. The second kappa shape index (κ2) is 85.4. The number of amides is 10. The molecule has 0 saturated carbocycles. The molecule has 0 rings (SSSR count). The number of allylic oxidation sites excluding steroid dienone is 12. The lowest BCUT2D eigenvalue weighted by Gasteiger charge is -2.21. The summed E-state index contributed by atoms with van der Waals surface area (Å²) in [5.41, 5.74) is 19.0. The first-order chi connectivity index (χ1) is 56.1. The van der Waals surface area contributed by atoms with E-state index in [0.717, 1.165) is 109 Å². The molecule has 115 heavy (non-hydrogen) atoms. The molecular weight excluding hydrogens is 1570 g/mol. The minimum absolute atomic E-state index is 0.00740. The molecule has 0 spiro atoms. The highest BCUT2D eigenvalue weighted by atomic mass is 33.1. The fourth-order valence-electron chi connectivity index (χ4n) is 10.5. The van der Waals surface area contributed by atoms with Crippen LogP contribution in [0.3, 0.4) is 0 Å². The summed E-state index contributed by atoms with van der Waals surface area (Å²) in [5.74, 6) is -4.38. The second-order valence-electron chi connectivity index (χ2n) is 27.4. The molecule has 10 amide bonds. The third kappa shape index (κ3) is 81.1. The molecule has 2 atom stereocenters. The SMILES string of the molecule is CCCCC/C=C\C/C=C\CCCCCCC/C=N\NC(=O)CSSCC(=O)NCCNC(=O)CC[C@H](N=C(N)N)C(=O)N[C@@H](CCC(=O)NCCNC(=O)CSSCC(=O)N/N=C\CCCCCCC/C=C\C/C=C\CCCCC)C(=O)NCCNC(=O)CSSCC(=O)N/N=C\CCCCCCC/C=C\C/C=C\CCCCC. The van der Waals surface area contributed by atoms with Gasteiger partial charge in [0.2, 0.25) is 41.4 Å². The molecule has 0 unspecified atom stereocenters. The van der Waals surface area contributed by atoms with Crippen molar-refractivity contribution >= 4 is 148 Å². The minimum Gasteiger partial charge on any atom is -0.370 e. The Morgan fingerprint density at radius 1 is 0.296 bits per heavy atom. The average Bonchev–Trinajstić information content (AvgIpc) is 0.878. The number of rotatable bonds is 79. The van der Waals surface area contributed by atoms with Gasteiger partial charge >= 0.3 is 0 Å². The van der Waals surface area contributed by atoms with Gasteiger partial charge in [-0.3, -0.25) is 47.9 Å². The number of nitrogens with two attached hydrogens (primary N) is 2. The number of unbranched alkanes of at least 4 members (excludes halogenated alkanes) is 27. The van der Waals surface area contributed by atoms with Crippen molar-refractivity contribution in [3.63, 3.8) is 0 Å². The number of guanidine groups is 1. The topological polar surface area (TPSA) is 392 Å². The van der Waals surface area contributed by atoms with Crippen LogP contribution in [0.2, 0.25) is 0 Å². The molecule has 32 heteroatoms. The molecular formula is C83H144N16O10S6. The van der Waals surface area contributed by atoms with Crippen LogP contribution in [0.5, 0.6) is 0 Å². The molecule has 0 aliphatic rings. The molecule has 14 N–H and O–H groups in total. The van der Waals surface area contributed by atoms with Gasteiger partial charge in [0.25, 0.3) is 17.7 Å². The highest BCUT2D eigenvalue weighted by Gasteiger charge is 2.27. The van der Waals surface area contributed by atoms with Gasteiger partial charge < -0.3 is 48.7 Å². The molecule has 0 bridgehead atoms. The molecule has 0 aromatic heterocycles. The first-order valence-corrected chi connectivity index (χ1v) is 49.6. The fraction of sp³-hybridized carbons (Fsp3) is 0.687. The summed E-state index contributed by atoms with van der Waals surface area (Å²) < 4.78 is 0. The highest BCUT2D eigenvalue weighted by Crippen LogP contribution is 2.22. The van der Waals surface area contributed by atoms with Crippen molar-refractivity contribution in [2.24, 2.45) is 31.8 Å². The van der Waals surface area contributed by atoms with Crippen LogP contribution in [0.15, 0.2) is 93.2 Å². The van der Waals surface area contributed by atoms with E-state index >= 15 is 0 Å². The van der Waals surface area contributed by atoms with E-state index in [1.54, 1.807) is 18.6 Å². The Bertz CT molecular complexity index is 2880. The maximum Gasteiger partial charge on any atom is 0.250 e. The van der Waals surface area contributed by atoms with Gasteiger partial charge in [-0.15, -0.1) is 0 Å². The van der Waals surface area contributed by atoms with Crippen molar-refractivity contribution in [1.29, 1.82) is 0 Å². The van der Waals surface area contributed by atoms with E-state index in [4.69, 9.17) is 11.5 Å². The lowest BCUT2D eigenvalue weighted by Crippen LogP contribution is -2.51. The molecule has 652 valence electrons. The number of hydrogen-bond donors (Lipinski definition) is 12. The lowest BCUT2D eigenvalue weighted by atomic mass is 10.1. The Kier molecular flexibility index (Phi) is 80.6. The summed E-state index contributed by atoms with van der Waals surface area (Å²) in [5, 5.41) is 30.9. The van der Waals surface area contributed by atoms with E-state index < -0.39 is 41.7 Å². The summed E-state index contributed by atoms with van der Waals surface area (Å²) in [6.07, 6.45) is 71.9. The maximum absolute atomic E-state index is 13.8. The Morgan fingerprint density at radius 2 is 0.557 bits per heavy atom. The molecule has 0 radical (unpaired) electrons. The number of aliphatic imine (C=N–C) groups is 1. The molecule has 0 aromatic rings. The number of nitrogens with zero attached hydrogens (tertiary/aromatic N) is 4. The zero-order valence-electron chi connectivity index (χ0n) is 69.6. The lowest BCUT2D eigenvalue weighted by molar-refractivity contribution is -0.130. The standard InChI is InChI=1S/C83H144N16O10S6/c1-4-7-10-13-16-19-22-25-28-31-34-37-40-43-46-49-56-92-97-78(105)68-113-110-65-75(102)88-61-59-86-73(100)54-52-71(81(108)91-64-63-90-77(104)67-112-115-70-80(107)99-94-58-51-48-45-42-39-36-33-30-27-24-21-18-15-12-9-6-3)95-82(109)72(96-83(84)85)53-55-74(101)87-60-62-89-76(103)66-111-114-69-79(106)98-93-57-50-47-44-41-38-35-32-29-26-23-20-17-14-11-8-5-2/h16-21,25-30,56-58,71-72H,4-15,22-24,31-55,59-70H2,1-3H3,(H,86,100)(H,87,101)(H,88,102)(H,89,103)(H,90,104)(H,91,108)(H,95,109)(H,97,105)(H,98,106)(H,99,107)(H4,84,85,96)/b19-16-,20-17-,21-18-,28-25-,29-26-,30-27-,92-56-,93-57-,94-58-/t71-,72-/m0/s1. The summed E-state index contributed by atoms with van der Waals surface area (Å²) in [6.45, 7) is 6.90. The van der Waals surface area contributed by atoms with E-state index in [9.17, 15) is 47.9 Å². The van der Waals surface area contributed by atoms with Gasteiger partial charge in [-0.2, -0.15) is 15.3 Å². The normalized spacial score (nSPS) is 12.3. The summed E-state index contributed by atoms with van der Waals surface area (Å²) in [7, 11) is 7.19. The molecule has 0 heterocycles. The van der Waals surface area contributed by atoms with Crippen molar-refractivity contribution in [3.05, 3.63) is 72.9 Å². The van der Waals surface area contributed by atoms with E-state index in [0.29, 0.717) is 0 Å². The Hall–Kier alpha value is -6.48. The van der Waals surface area contributed by atoms with Crippen LogP contribution in [0.4, 0.5) is 0 Å². The molecule has 0 fully saturated rings. The van der Waals surface area contributed by atoms with E-state index in [1.807, 2.05) is 0 Å². The molecule has 0 aliphatic carbocycles. The largest absolute Gasteiger partial charge is 0.370 e. The van der Waals surface area contributed by atoms with Crippen LogP contribution in [0, 0.1) is 0 Å². The van der Waals surface area contributed by atoms with Gasteiger partial charge in [0.05, 0.1) is 34.5 Å². The van der Waals surface area contributed by atoms with Gasteiger partial charge in [-0.1, -0.05) is 255 Å². The van der Waals surface area contributed by atoms with Crippen LogP contribution in [0.25, 0.3) is 0 Å². The van der Waals surface area contributed by atoms with Crippen molar-refractivity contribution in [2.75, 3.05) is 73.8 Å². The number of carbonyl (C=O) groups excluding carboxylic acids is 10.